The van der Waals surface area contributed by atoms with E-state index in [2.05, 4.69) is 5.92 Å². The van der Waals surface area contributed by atoms with E-state index in [1.54, 1.807) is 4.90 Å². The van der Waals surface area contributed by atoms with Crippen molar-refractivity contribution in [3.63, 3.8) is 0 Å². The van der Waals surface area contributed by atoms with Crippen molar-refractivity contribution in [2.45, 2.75) is 6.04 Å². The number of allylic oxidation sites excluding steroid dienone is 5. The zero-order valence-corrected chi connectivity index (χ0v) is 33.6. The number of terminal acetylenes is 1. The maximum Gasteiger partial charge on any atom is 0.136 e. The topological polar surface area (TPSA) is 16.4 Å². The molecule has 12 heteroatoms. The molecular formula is C50H25B10NO. The monoisotopic (exact) mass is 765 g/mol. The van der Waals surface area contributed by atoms with Gasteiger partial charge in [-0.2, -0.15) is 0 Å². The molecule has 0 amide bonds. The summed E-state index contributed by atoms with van der Waals surface area (Å²) >= 11 is 0. The second-order valence-electron chi connectivity index (χ2n) is 15.3. The molecule has 7 aromatic carbocycles. The number of para-hydroxylation sites is 1. The normalized spacial score (nSPS) is 15.0. The maximum absolute atomic E-state index is 7.29. The Morgan fingerprint density at radius 3 is 1.82 bits per heavy atom. The molecule has 1 aromatic heterocycles. The molecule has 0 fully saturated rings. The fourth-order valence-electron chi connectivity index (χ4n) is 8.91. The van der Waals surface area contributed by atoms with Crippen LogP contribution >= 0.6 is 0 Å². The van der Waals surface area contributed by atoms with Crippen LogP contribution in [-0.2, 0) is 0 Å². The molecule has 1 unspecified atom stereocenters. The van der Waals surface area contributed by atoms with Gasteiger partial charge in [-0.25, -0.2) is 0 Å². The third-order valence-electron chi connectivity index (χ3n) is 11.9. The smallest absolute Gasteiger partial charge is 0.136 e. The summed E-state index contributed by atoms with van der Waals surface area (Å²) in [5.74, 6) is 2.56. The highest BCUT2D eigenvalue weighted by Crippen LogP contribution is 2.44. The quantitative estimate of drug-likeness (QED) is 0.126. The number of hydrogen-bond acceptors (Lipinski definition) is 2. The molecule has 1 aliphatic rings. The fraction of sp³-hybridized carbons (Fsp3) is 0.0400. The highest BCUT2D eigenvalue weighted by molar-refractivity contribution is 6.63. The lowest BCUT2D eigenvalue weighted by Gasteiger charge is -2.40. The van der Waals surface area contributed by atoms with Gasteiger partial charge in [-0.1, -0.05) is 165 Å². The predicted molar refractivity (Wildman–Crippen MR) is 271 cm³/mol. The highest BCUT2D eigenvalue weighted by atomic mass is 16.3. The summed E-state index contributed by atoms with van der Waals surface area (Å²) < 4.78 is 6.23. The molecule has 0 aliphatic heterocycles. The Hall–Kier alpha value is -6.17. The Labute approximate surface area is 375 Å². The second kappa shape index (κ2) is 16.3. The first-order valence-corrected chi connectivity index (χ1v) is 19.8. The van der Waals surface area contributed by atoms with Gasteiger partial charge in [0.1, 0.15) is 89.6 Å². The van der Waals surface area contributed by atoms with Crippen LogP contribution in [0.15, 0.2) is 165 Å². The predicted octanol–water partition coefficient (Wildman–Crippen LogP) is 4.81. The molecule has 8 aromatic rings. The lowest BCUT2D eigenvalue weighted by atomic mass is 9.63. The van der Waals surface area contributed by atoms with E-state index in [4.69, 9.17) is 89.3 Å². The van der Waals surface area contributed by atoms with E-state index in [1.807, 2.05) is 127 Å². The van der Waals surface area contributed by atoms with Crippen molar-refractivity contribution in [2.24, 2.45) is 0 Å². The van der Waals surface area contributed by atoms with Gasteiger partial charge in [0.25, 0.3) is 0 Å². The van der Waals surface area contributed by atoms with Gasteiger partial charge in [0.15, 0.2) is 0 Å². The molecule has 1 heterocycles. The zero-order chi connectivity index (χ0) is 43.6. The molecular weight excluding hydrogens is 739 g/mol. The van der Waals surface area contributed by atoms with Crippen LogP contribution in [0.1, 0.15) is 11.1 Å². The average molecular weight is 764 g/mol. The van der Waals surface area contributed by atoms with Gasteiger partial charge in [-0.05, 0) is 72.6 Å². The molecule has 0 saturated carbocycles. The van der Waals surface area contributed by atoms with Crippen LogP contribution in [-0.4, -0.2) is 91.0 Å². The minimum Gasteiger partial charge on any atom is -0.456 e. The van der Waals surface area contributed by atoms with Crippen LogP contribution in [0.5, 0.6) is 0 Å². The largest absolute Gasteiger partial charge is 0.456 e. The summed E-state index contributed by atoms with van der Waals surface area (Å²) in [4.78, 5) is 1.73. The Kier molecular flexibility index (Phi) is 10.8. The third kappa shape index (κ3) is 6.60. The first-order chi connectivity index (χ1) is 29.9. The first-order valence-electron chi connectivity index (χ1n) is 19.8. The summed E-state index contributed by atoms with van der Waals surface area (Å²) in [6.45, 7) is -0.176. The van der Waals surface area contributed by atoms with Crippen LogP contribution in [0.2, 0.25) is 0 Å². The standard InChI is InChI=1S/C50H25B10NO/c1-2-33(51)38(29-19-9-14-25-12-3-5-16-27(25)29)41(53)34(52)24-61(50-47(59)42(54)39(43(55)48(50)60)30-20-10-15-26-13-4-6-17-28(26)30)49-45(57)40(44(56)46(49)58)32-21-11-23-36-37(32)31-18-7-8-22-35(31)62-36/h1,3-23,49H,24H2/b38-33+,41-34-. The summed E-state index contributed by atoms with van der Waals surface area (Å²) in [5, 5.41) is 5.39. The number of fused-ring (bicyclic) bond motifs is 5. The average Bonchev–Trinajstić information content (AvgIpc) is 3.78. The lowest BCUT2D eigenvalue weighted by Crippen LogP contribution is -2.52. The minimum absolute atomic E-state index is 0.0759. The van der Waals surface area contributed by atoms with Gasteiger partial charge in [-0.3, -0.25) is 0 Å². The van der Waals surface area contributed by atoms with Crippen molar-refractivity contribution in [3.8, 4) is 23.5 Å². The van der Waals surface area contributed by atoms with E-state index in [0.29, 0.717) is 39.0 Å². The Bertz CT molecular complexity index is 3330. The van der Waals surface area contributed by atoms with Crippen LogP contribution in [0.4, 0.5) is 5.69 Å². The molecule has 0 N–H and O–H groups in total. The number of hydrogen-bond donors (Lipinski definition) is 0. The van der Waals surface area contributed by atoms with Crippen LogP contribution < -0.4 is 26.8 Å². The van der Waals surface area contributed by atoms with Crippen LogP contribution in [0.25, 0.3) is 65.8 Å². The van der Waals surface area contributed by atoms with Crippen molar-refractivity contribution in [2.75, 3.05) is 11.4 Å². The van der Waals surface area contributed by atoms with Gasteiger partial charge >= 0.3 is 0 Å². The van der Waals surface area contributed by atoms with Crippen molar-refractivity contribution in [1.82, 2.24) is 0 Å². The summed E-state index contributed by atoms with van der Waals surface area (Å²) in [5.41, 5.74) is 6.69. The van der Waals surface area contributed by atoms with Gasteiger partial charge < -0.3 is 9.32 Å². The number of anilines is 1. The Morgan fingerprint density at radius 2 is 1.13 bits per heavy atom. The first kappa shape index (κ1) is 41.2. The summed E-state index contributed by atoms with van der Waals surface area (Å²) in [7, 11) is 70.4. The number of furan rings is 1. The number of nitrogens with zero attached hydrogens (tertiary/aromatic N) is 1. The van der Waals surface area contributed by atoms with Crippen molar-refractivity contribution in [3.05, 3.63) is 171 Å². The molecule has 0 spiro atoms. The van der Waals surface area contributed by atoms with E-state index >= 15 is 0 Å². The van der Waals surface area contributed by atoms with Crippen LogP contribution in [0.3, 0.4) is 0 Å². The van der Waals surface area contributed by atoms with Gasteiger partial charge in [-0.15, -0.1) is 11.9 Å². The van der Waals surface area contributed by atoms with Crippen molar-refractivity contribution < 1.29 is 4.42 Å². The molecule has 9 rings (SSSR count). The molecule has 0 bridgehead atoms. The molecule has 1 atom stereocenters. The van der Waals surface area contributed by atoms with E-state index < -0.39 is 6.04 Å². The van der Waals surface area contributed by atoms with E-state index in [0.717, 1.165) is 37.9 Å². The van der Waals surface area contributed by atoms with Crippen molar-refractivity contribution >= 4 is 161 Å². The Morgan fingerprint density at radius 1 is 0.581 bits per heavy atom. The molecule has 266 valence electrons. The minimum atomic E-state index is -0.994. The van der Waals surface area contributed by atoms with Crippen LogP contribution in [0, 0.1) is 12.3 Å². The molecule has 1 aliphatic carbocycles. The van der Waals surface area contributed by atoms with E-state index in [1.165, 1.54) is 0 Å². The van der Waals surface area contributed by atoms with Gasteiger partial charge in [0, 0.05) is 23.0 Å². The second-order valence-corrected chi connectivity index (χ2v) is 15.3. The zero-order valence-electron chi connectivity index (χ0n) is 33.6. The Balaban J connectivity index is 1.28. The third-order valence-corrected chi connectivity index (χ3v) is 11.9. The number of benzene rings is 7. The summed E-state index contributed by atoms with van der Waals surface area (Å²) in [6.07, 6.45) is 5.95. The van der Waals surface area contributed by atoms with Crippen molar-refractivity contribution in [1.29, 1.82) is 0 Å². The lowest BCUT2D eigenvalue weighted by molar-refractivity contribution is 0.669. The summed E-state index contributed by atoms with van der Waals surface area (Å²) in [6, 6.07) is 39.7. The van der Waals surface area contributed by atoms with E-state index in [-0.39, 0.29) is 66.9 Å². The molecule has 0 saturated heterocycles. The van der Waals surface area contributed by atoms with Gasteiger partial charge in [0.05, 0.1) is 6.04 Å². The SMILES string of the molecule is [B]C1=C([B])C(N(C/C([B])=C([B])\C(=C(\[B])C#C)c2cccc3ccccc23)c2c([B])c([B])c(-c3cccc4ccccc34)c([B])c2[B])C([B])=C1c1cccc2oc3ccccc3c12. The van der Waals surface area contributed by atoms with Gasteiger partial charge in [0.2, 0.25) is 0 Å². The van der Waals surface area contributed by atoms with E-state index in [9.17, 15) is 0 Å². The fourth-order valence-corrected chi connectivity index (χ4v) is 8.91. The number of rotatable bonds is 8. The highest BCUT2D eigenvalue weighted by Gasteiger charge is 2.34. The molecule has 62 heavy (non-hydrogen) atoms. The maximum atomic E-state index is 7.29. The molecule has 2 nitrogen and oxygen atoms in total. The molecule has 20 radical (unpaired) electrons.